The van der Waals surface area contributed by atoms with Crippen LogP contribution in [0.2, 0.25) is 5.02 Å². The molecule has 2 saturated carbocycles. The molecule has 2 aliphatic rings. The number of methoxy groups -OCH3 is 1. The van der Waals surface area contributed by atoms with Crippen molar-refractivity contribution in [3.8, 4) is 5.75 Å². The largest absolute Gasteiger partial charge is 0.497 e. The number of halogens is 1. The first-order chi connectivity index (χ1) is 13.9. The normalized spacial score (nSPS) is 22.8. The fourth-order valence-electron chi connectivity index (χ4n) is 4.28. The standard InChI is InChI=1S/C22H24ClNO4S/c1-28-17-8-4-15(5-9-17)19-14-20(19)24-21(25)22(12-2-3-13-22)29(26,27)18-10-6-16(23)7-11-18/h4-11,19-20H,2-3,12-14H2,1H3,(H,24,25)/t19-,20+/m0/s1. The van der Waals surface area contributed by atoms with Gasteiger partial charge < -0.3 is 10.1 Å². The summed E-state index contributed by atoms with van der Waals surface area (Å²) in [7, 11) is -2.19. The Morgan fingerprint density at radius 1 is 1.07 bits per heavy atom. The number of hydrogen-bond acceptors (Lipinski definition) is 4. The van der Waals surface area contributed by atoms with Crippen LogP contribution in [0.3, 0.4) is 0 Å². The number of carbonyl (C=O) groups is 1. The Balaban J connectivity index is 1.53. The second kappa shape index (κ2) is 7.65. The first kappa shape index (κ1) is 20.2. The van der Waals surface area contributed by atoms with Gasteiger partial charge in [-0.2, -0.15) is 0 Å². The predicted molar refractivity (Wildman–Crippen MR) is 112 cm³/mol. The van der Waals surface area contributed by atoms with E-state index in [1.54, 1.807) is 19.2 Å². The van der Waals surface area contributed by atoms with Crippen molar-refractivity contribution in [3.63, 3.8) is 0 Å². The zero-order valence-corrected chi connectivity index (χ0v) is 17.8. The molecule has 0 heterocycles. The molecule has 2 atom stereocenters. The fraction of sp³-hybridized carbons (Fsp3) is 0.409. The third-order valence-electron chi connectivity index (χ3n) is 6.11. The molecule has 2 aromatic rings. The minimum absolute atomic E-state index is 0.0335. The van der Waals surface area contributed by atoms with Crippen molar-refractivity contribution in [1.82, 2.24) is 5.32 Å². The number of sulfone groups is 1. The maximum Gasteiger partial charge on any atom is 0.242 e. The van der Waals surface area contributed by atoms with E-state index in [1.807, 2.05) is 24.3 Å². The van der Waals surface area contributed by atoms with Gasteiger partial charge in [-0.25, -0.2) is 8.42 Å². The van der Waals surface area contributed by atoms with Crippen molar-refractivity contribution < 1.29 is 17.9 Å². The zero-order chi connectivity index (χ0) is 20.6. The van der Waals surface area contributed by atoms with Gasteiger partial charge >= 0.3 is 0 Å². The van der Waals surface area contributed by atoms with Crippen LogP contribution in [0.25, 0.3) is 0 Å². The van der Waals surface area contributed by atoms with Gasteiger partial charge in [0, 0.05) is 17.0 Å². The number of nitrogens with one attached hydrogen (secondary N) is 1. The smallest absolute Gasteiger partial charge is 0.242 e. The Morgan fingerprint density at radius 3 is 2.28 bits per heavy atom. The van der Waals surface area contributed by atoms with Gasteiger partial charge in [-0.1, -0.05) is 36.6 Å². The molecule has 29 heavy (non-hydrogen) atoms. The molecule has 0 bridgehead atoms. The Morgan fingerprint density at radius 2 is 1.69 bits per heavy atom. The topological polar surface area (TPSA) is 72.5 Å². The molecule has 0 radical (unpaired) electrons. The summed E-state index contributed by atoms with van der Waals surface area (Å²) in [6.45, 7) is 0. The van der Waals surface area contributed by atoms with Gasteiger partial charge in [-0.3, -0.25) is 4.79 Å². The number of rotatable bonds is 6. The van der Waals surface area contributed by atoms with Crippen molar-refractivity contribution in [2.45, 2.75) is 53.7 Å². The van der Waals surface area contributed by atoms with E-state index in [-0.39, 0.29) is 22.8 Å². The summed E-state index contributed by atoms with van der Waals surface area (Å²) < 4.78 is 30.6. The highest BCUT2D eigenvalue weighted by molar-refractivity contribution is 7.93. The lowest BCUT2D eigenvalue weighted by Gasteiger charge is -2.28. The van der Waals surface area contributed by atoms with E-state index < -0.39 is 14.6 Å². The minimum atomic E-state index is -3.81. The Labute approximate surface area is 176 Å². The van der Waals surface area contributed by atoms with Gasteiger partial charge in [0.2, 0.25) is 5.91 Å². The molecule has 7 heteroatoms. The summed E-state index contributed by atoms with van der Waals surface area (Å²) in [6.07, 6.45) is 2.97. The molecule has 2 fully saturated rings. The van der Waals surface area contributed by atoms with Crippen LogP contribution >= 0.6 is 11.6 Å². The van der Waals surface area contributed by atoms with Crippen LogP contribution in [0, 0.1) is 0 Å². The number of benzene rings is 2. The summed E-state index contributed by atoms with van der Waals surface area (Å²) in [4.78, 5) is 13.4. The SMILES string of the molecule is COc1ccc([C@@H]2C[C@H]2NC(=O)C2(S(=O)(=O)c3ccc(Cl)cc3)CCCC2)cc1. The second-order valence-electron chi connectivity index (χ2n) is 7.85. The summed E-state index contributed by atoms with van der Waals surface area (Å²) >= 11 is 5.91. The van der Waals surface area contributed by atoms with Crippen LogP contribution in [0.1, 0.15) is 43.6 Å². The Kier molecular flexibility index (Phi) is 5.34. The highest BCUT2D eigenvalue weighted by Crippen LogP contribution is 2.45. The van der Waals surface area contributed by atoms with E-state index in [0.717, 1.165) is 30.6 Å². The molecular formula is C22H24ClNO4S. The third kappa shape index (κ3) is 3.64. The van der Waals surface area contributed by atoms with Gasteiger partial charge in [0.05, 0.1) is 12.0 Å². The number of carbonyl (C=O) groups excluding carboxylic acids is 1. The highest BCUT2D eigenvalue weighted by atomic mass is 35.5. The summed E-state index contributed by atoms with van der Waals surface area (Å²) in [5.41, 5.74) is 1.12. The molecule has 154 valence electrons. The van der Waals surface area contributed by atoms with Crippen LogP contribution < -0.4 is 10.1 Å². The molecule has 1 N–H and O–H groups in total. The van der Waals surface area contributed by atoms with Gasteiger partial charge in [0.25, 0.3) is 0 Å². The molecule has 2 aliphatic carbocycles. The van der Waals surface area contributed by atoms with Crippen molar-refractivity contribution in [1.29, 1.82) is 0 Å². The Bertz CT molecular complexity index is 996. The molecule has 0 aliphatic heterocycles. The third-order valence-corrected chi connectivity index (χ3v) is 8.88. The van der Waals surface area contributed by atoms with Crippen LogP contribution in [0.5, 0.6) is 5.75 Å². The van der Waals surface area contributed by atoms with Crippen LogP contribution in [-0.4, -0.2) is 32.2 Å². The number of hydrogen-bond donors (Lipinski definition) is 1. The lowest BCUT2D eigenvalue weighted by molar-refractivity contribution is -0.123. The van der Waals surface area contributed by atoms with Gasteiger partial charge in [0.1, 0.15) is 5.75 Å². The lowest BCUT2D eigenvalue weighted by atomic mass is 10.1. The van der Waals surface area contributed by atoms with E-state index in [1.165, 1.54) is 12.1 Å². The summed E-state index contributed by atoms with van der Waals surface area (Å²) in [5.74, 6) is 0.626. The van der Waals surface area contributed by atoms with Crippen LogP contribution in [0.4, 0.5) is 0 Å². The minimum Gasteiger partial charge on any atom is -0.497 e. The maximum atomic E-state index is 13.4. The molecule has 0 unspecified atom stereocenters. The molecule has 4 rings (SSSR count). The molecule has 5 nitrogen and oxygen atoms in total. The first-order valence-electron chi connectivity index (χ1n) is 9.82. The molecule has 1 amide bonds. The van der Waals surface area contributed by atoms with Crippen molar-refractivity contribution >= 4 is 27.3 Å². The lowest BCUT2D eigenvalue weighted by Crippen LogP contribution is -2.51. The van der Waals surface area contributed by atoms with Crippen molar-refractivity contribution in [3.05, 3.63) is 59.1 Å². The molecule has 0 spiro atoms. The zero-order valence-electron chi connectivity index (χ0n) is 16.2. The second-order valence-corrected chi connectivity index (χ2v) is 10.6. The van der Waals surface area contributed by atoms with E-state index in [4.69, 9.17) is 16.3 Å². The number of ether oxygens (including phenoxy) is 1. The molecule has 0 aromatic heterocycles. The monoisotopic (exact) mass is 433 g/mol. The average molecular weight is 434 g/mol. The Hall–Kier alpha value is -2.05. The van der Waals surface area contributed by atoms with E-state index >= 15 is 0 Å². The molecule has 2 aromatic carbocycles. The predicted octanol–water partition coefficient (Wildman–Crippen LogP) is 4.11. The van der Waals surface area contributed by atoms with Gasteiger partial charge in [-0.05, 0) is 61.2 Å². The van der Waals surface area contributed by atoms with E-state index in [9.17, 15) is 13.2 Å². The van der Waals surface area contributed by atoms with Gasteiger partial charge in [0.15, 0.2) is 14.6 Å². The summed E-state index contributed by atoms with van der Waals surface area (Å²) in [6, 6.07) is 13.8. The summed E-state index contributed by atoms with van der Waals surface area (Å²) in [5, 5.41) is 3.49. The van der Waals surface area contributed by atoms with Gasteiger partial charge in [-0.15, -0.1) is 0 Å². The fourth-order valence-corrected chi connectivity index (χ4v) is 6.48. The van der Waals surface area contributed by atoms with Crippen LogP contribution in [-0.2, 0) is 14.6 Å². The highest BCUT2D eigenvalue weighted by Gasteiger charge is 2.54. The quantitative estimate of drug-likeness (QED) is 0.744. The van der Waals surface area contributed by atoms with E-state index in [0.29, 0.717) is 17.9 Å². The van der Waals surface area contributed by atoms with Crippen molar-refractivity contribution in [2.24, 2.45) is 0 Å². The average Bonchev–Trinajstić information content (AvgIpc) is 3.28. The first-order valence-corrected chi connectivity index (χ1v) is 11.7. The molecule has 0 saturated heterocycles. The maximum absolute atomic E-state index is 13.4. The van der Waals surface area contributed by atoms with Crippen LogP contribution in [0.15, 0.2) is 53.4 Å². The number of amides is 1. The van der Waals surface area contributed by atoms with Crippen molar-refractivity contribution in [2.75, 3.05) is 7.11 Å². The molecular weight excluding hydrogens is 410 g/mol. The van der Waals surface area contributed by atoms with E-state index in [2.05, 4.69) is 5.32 Å².